The Morgan fingerprint density at radius 2 is 1.80 bits per heavy atom. The molecule has 1 aromatic heterocycles. The number of benzene rings is 1. The van der Waals surface area contributed by atoms with Gasteiger partial charge in [0.15, 0.2) is 0 Å². The molecule has 0 aliphatic carbocycles. The number of aromatic nitrogens is 1. The number of carbonyl (C=O) groups excluding carboxylic acids is 2. The molecule has 3 rings (SSSR count). The van der Waals surface area contributed by atoms with Gasteiger partial charge in [-0.1, -0.05) is 18.2 Å². The third-order valence-corrected chi connectivity index (χ3v) is 4.93. The third-order valence-electron chi connectivity index (χ3n) is 4.93. The van der Waals surface area contributed by atoms with Crippen molar-refractivity contribution in [2.75, 3.05) is 26.2 Å². The number of hydrogen-bond acceptors (Lipinski definition) is 4. The van der Waals surface area contributed by atoms with Crippen molar-refractivity contribution in [1.29, 1.82) is 5.26 Å². The summed E-state index contributed by atoms with van der Waals surface area (Å²) in [5.41, 5.74) is 1.47. The molecular weight excluding hydrogens is 380 g/mol. The second kappa shape index (κ2) is 9.04. The molecule has 0 atom stereocenters. The van der Waals surface area contributed by atoms with Gasteiger partial charge in [-0.2, -0.15) is 5.26 Å². The van der Waals surface area contributed by atoms with Gasteiger partial charge in [0.2, 0.25) is 5.91 Å². The van der Waals surface area contributed by atoms with E-state index >= 15 is 0 Å². The van der Waals surface area contributed by atoms with Crippen LogP contribution < -0.4 is 0 Å². The fourth-order valence-electron chi connectivity index (χ4n) is 3.47. The molecule has 7 nitrogen and oxygen atoms in total. The molecule has 2 heterocycles. The molecule has 0 saturated carbocycles. The van der Waals surface area contributed by atoms with Crippen molar-refractivity contribution in [3.05, 3.63) is 42.1 Å². The molecule has 1 aromatic carbocycles. The lowest BCUT2D eigenvalue weighted by Crippen LogP contribution is -2.51. The van der Waals surface area contributed by atoms with E-state index in [1.165, 1.54) is 0 Å². The molecule has 0 N–H and O–H groups in total. The summed E-state index contributed by atoms with van der Waals surface area (Å²) in [6.45, 7) is 8.01. The maximum absolute atomic E-state index is 12.6. The van der Waals surface area contributed by atoms with Gasteiger partial charge in [-0.25, -0.2) is 4.79 Å². The van der Waals surface area contributed by atoms with Crippen LogP contribution in [0.4, 0.5) is 4.79 Å². The van der Waals surface area contributed by atoms with Gasteiger partial charge < -0.3 is 19.1 Å². The van der Waals surface area contributed by atoms with Crippen molar-refractivity contribution in [2.24, 2.45) is 0 Å². The molecular formula is C23H28N4O3. The minimum Gasteiger partial charge on any atom is -0.444 e. The summed E-state index contributed by atoms with van der Waals surface area (Å²) in [6, 6.07) is 10.1. The van der Waals surface area contributed by atoms with Crippen molar-refractivity contribution in [1.82, 2.24) is 14.4 Å². The standard InChI is InChI=1S/C23H28N4O3/c1-23(2,3)30-22(29)26-15-13-25(14-16-26)21(28)10-9-18-17-27(12-6-11-24)20-8-5-4-7-19(18)20/h4-5,7-10,17H,6,12-16H2,1-3H3/b10-9+. The Morgan fingerprint density at radius 1 is 1.13 bits per heavy atom. The third kappa shape index (κ3) is 5.20. The van der Waals surface area contributed by atoms with Crippen molar-refractivity contribution in [3.63, 3.8) is 0 Å². The predicted octanol–water partition coefficient (Wildman–Crippen LogP) is 3.65. The Hall–Kier alpha value is -3.27. The van der Waals surface area contributed by atoms with Crippen LogP contribution in [0.5, 0.6) is 0 Å². The quantitative estimate of drug-likeness (QED) is 0.724. The number of rotatable bonds is 4. The molecule has 0 bridgehead atoms. The van der Waals surface area contributed by atoms with E-state index in [0.29, 0.717) is 39.1 Å². The summed E-state index contributed by atoms with van der Waals surface area (Å²) >= 11 is 0. The van der Waals surface area contributed by atoms with Crippen molar-refractivity contribution < 1.29 is 14.3 Å². The van der Waals surface area contributed by atoms with Crippen molar-refractivity contribution >= 4 is 29.0 Å². The van der Waals surface area contributed by atoms with Crippen LogP contribution in [0, 0.1) is 11.3 Å². The summed E-state index contributed by atoms with van der Waals surface area (Å²) in [7, 11) is 0. The molecule has 1 aliphatic heterocycles. The molecule has 0 radical (unpaired) electrons. The average molecular weight is 409 g/mol. The van der Waals surface area contributed by atoms with E-state index in [9.17, 15) is 9.59 Å². The molecule has 1 fully saturated rings. The van der Waals surface area contributed by atoms with Gasteiger partial charge >= 0.3 is 6.09 Å². The molecule has 7 heteroatoms. The number of fused-ring (bicyclic) bond motifs is 1. The van der Waals surface area contributed by atoms with Gasteiger partial charge in [0.1, 0.15) is 5.60 Å². The number of hydrogen-bond donors (Lipinski definition) is 0. The van der Waals surface area contributed by atoms with Crippen LogP contribution in [0.25, 0.3) is 17.0 Å². The van der Waals surface area contributed by atoms with Gasteiger partial charge in [-0.15, -0.1) is 0 Å². The first kappa shape index (κ1) is 21.4. The highest BCUT2D eigenvalue weighted by molar-refractivity contribution is 5.96. The number of nitriles is 1. The minimum absolute atomic E-state index is 0.0762. The lowest BCUT2D eigenvalue weighted by molar-refractivity contribution is -0.127. The van der Waals surface area contributed by atoms with Crippen molar-refractivity contribution in [2.45, 2.75) is 39.3 Å². The van der Waals surface area contributed by atoms with E-state index < -0.39 is 5.60 Å². The largest absolute Gasteiger partial charge is 0.444 e. The summed E-state index contributed by atoms with van der Waals surface area (Å²) in [5.74, 6) is -0.0762. The molecule has 30 heavy (non-hydrogen) atoms. The van der Waals surface area contributed by atoms with Crippen molar-refractivity contribution in [3.8, 4) is 6.07 Å². The molecule has 0 spiro atoms. The average Bonchev–Trinajstić information content (AvgIpc) is 3.07. The Kier molecular flexibility index (Phi) is 6.46. The van der Waals surface area contributed by atoms with E-state index in [4.69, 9.17) is 10.00 Å². The van der Waals surface area contributed by atoms with Crippen LogP contribution in [0.3, 0.4) is 0 Å². The Morgan fingerprint density at radius 3 is 2.47 bits per heavy atom. The number of para-hydroxylation sites is 1. The molecule has 0 unspecified atom stereocenters. The molecule has 2 amide bonds. The number of ether oxygens (including phenoxy) is 1. The summed E-state index contributed by atoms with van der Waals surface area (Å²) in [6.07, 6.45) is 5.48. The van der Waals surface area contributed by atoms with E-state index in [2.05, 4.69) is 6.07 Å². The number of carbonyl (C=O) groups is 2. The maximum atomic E-state index is 12.6. The van der Waals surface area contributed by atoms with Crippen LogP contribution in [0.15, 0.2) is 36.5 Å². The zero-order valence-corrected chi connectivity index (χ0v) is 17.8. The second-order valence-corrected chi connectivity index (χ2v) is 8.33. The minimum atomic E-state index is -0.529. The number of piperazine rings is 1. The van der Waals surface area contributed by atoms with Gasteiger partial charge in [-0.3, -0.25) is 4.79 Å². The maximum Gasteiger partial charge on any atom is 0.410 e. The highest BCUT2D eigenvalue weighted by Crippen LogP contribution is 2.23. The summed E-state index contributed by atoms with van der Waals surface area (Å²) in [4.78, 5) is 28.2. The number of aryl methyl sites for hydroxylation is 1. The van der Waals surface area contributed by atoms with E-state index in [0.717, 1.165) is 16.5 Å². The Bertz CT molecular complexity index is 986. The number of nitrogens with zero attached hydrogens (tertiary/aromatic N) is 4. The lowest BCUT2D eigenvalue weighted by atomic mass is 10.1. The monoisotopic (exact) mass is 408 g/mol. The van der Waals surface area contributed by atoms with Crippen LogP contribution in [-0.2, 0) is 16.1 Å². The van der Waals surface area contributed by atoms with Crippen LogP contribution >= 0.6 is 0 Å². The normalized spacial score (nSPS) is 14.9. The van der Waals surface area contributed by atoms with Gasteiger partial charge in [0.05, 0.1) is 12.5 Å². The van der Waals surface area contributed by atoms with Crippen LogP contribution in [0.2, 0.25) is 0 Å². The van der Waals surface area contributed by atoms with E-state index in [1.807, 2.05) is 61.9 Å². The number of amides is 2. The first-order chi connectivity index (χ1) is 14.3. The fraction of sp³-hybridized carbons (Fsp3) is 0.435. The summed E-state index contributed by atoms with van der Waals surface area (Å²) < 4.78 is 7.44. The van der Waals surface area contributed by atoms with Crippen LogP contribution in [-0.4, -0.2) is 58.1 Å². The fourth-order valence-corrected chi connectivity index (χ4v) is 3.47. The van der Waals surface area contributed by atoms with Gasteiger partial charge in [0, 0.05) is 61.5 Å². The molecule has 158 valence electrons. The highest BCUT2D eigenvalue weighted by atomic mass is 16.6. The first-order valence-corrected chi connectivity index (χ1v) is 10.2. The summed E-state index contributed by atoms with van der Waals surface area (Å²) in [5, 5.41) is 9.93. The SMILES string of the molecule is CC(C)(C)OC(=O)N1CCN(C(=O)/C=C/c2cn(CCC#N)c3ccccc23)CC1. The Labute approximate surface area is 177 Å². The van der Waals surface area contributed by atoms with Crippen LogP contribution in [0.1, 0.15) is 32.8 Å². The van der Waals surface area contributed by atoms with Gasteiger partial charge in [-0.05, 0) is 32.9 Å². The molecule has 1 aliphatic rings. The highest BCUT2D eigenvalue weighted by Gasteiger charge is 2.27. The lowest BCUT2D eigenvalue weighted by Gasteiger charge is -2.35. The van der Waals surface area contributed by atoms with E-state index in [1.54, 1.807) is 15.9 Å². The molecule has 2 aromatic rings. The first-order valence-electron chi connectivity index (χ1n) is 10.2. The zero-order chi connectivity index (χ0) is 21.7. The Balaban J connectivity index is 1.63. The van der Waals surface area contributed by atoms with Gasteiger partial charge in [0.25, 0.3) is 0 Å². The second-order valence-electron chi connectivity index (χ2n) is 8.33. The zero-order valence-electron chi connectivity index (χ0n) is 17.8. The topological polar surface area (TPSA) is 78.6 Å². The molecule has 1 saturated heterocycles. The predicted molar refractivity (Wildman–Crippen MR) is 116 cm³/mol. The smallest absolute Gasteiger partial charge is 0.410 e. The van der Waals surface area contributed by atoms with E-state index in [-0.39, 0.29) is 12.0 Å².